The van der Waals surface area contributed by atoms with Gasteiger partial charge in [-0.3, -0.25) is 10.3 Å². The Kier molecular flexibility index (Phi) is 4.31. The van der Waals surface area contributed by atoms with E-state index in [1.54, 1.807) is 0 Å². The second-order valence-corrected chi connectivity index (χ2v) is 3.57. The minimum Gasteiger partial charge on any atom is -0.384 e. The molecule has 0 atom stereocenters. The summed E-state index contributed by atoms with van der Waals surface area (Å²) in [5.74, 6) is 0.129. The van der Waals surface area contributed by atoms with Crippen LogP contribution in [0.5, 0.6) is 0 Å². The lowest BCUT2D eigenvalue weighted by atomic mass is 10.1. The van der Waals surface area contributed by atoms with Crippen LogP contribution in [0.2, 0.25) is 0 Å². The van der Waals surface area contributed by atoms with Gasteiger partial charge in [0.25, 0.3) is 0 Å². The predicted octanol–water partition coefficient (Wildman–Crippen LogP) is 1.81. The molecule has 0 heterocycles. The normalized spacial score (nSPS) is 10.6. The number of hydrogen-bond donors (Lipinski definition) is 2. The van der Waals surface area contributed by atoms with E-state index in [0.29, 0.717) is 0 Å². The molecule has 0 spiro atoms. The molecule has 0 saturated heterocycles. The number of nitrogens with one attached hydrogen (secondary N) is 1. The van der Waals surface area contributed by atoms with Crippen LogP contribution in [-0.4, -0.2) is 23.8 Å². The van der Waals surface area contributed by atoms with E-state index >= 15 is 0 Å². The van der Waals surface area contributed by atoms with Crippen molar-refractivity contribution >= 4 is 5.84 Å². The van der Waals surface area contributed by atoms with Gasteiger partial charge in [-0.1, -0.05) is 38.1 Å². The quantitative estimate of drug-likeness (QED) is 0.569. The summed E-state index contributed by atoms with van der Waals surface area (Å²) in [7, 11) is 0. The van der Waals surface area contributed by atoms with Gasteiger partial charge in [0.2, 0.25) is 0 Å². The van der Waals surface area contributed by atoms with E-state index < -0.39 is 0 Å². The standard InChI is InChI=1S/C12H19N3/c1-3-15(4-2)9-10-5-7-11(8-6-10)12(13)14/h5-8H,3-4,9H2,1-2H3,(H3,13,14). The van der Waals surface area contributed by atoms with Crippen LogP contribution in [-0.2, 0) is 6.54 Å². The largest absolute Gasteiger partial charge is 0.384 e. The molecule has 0 bridgehead atoms. The van der Waals surface area contributed by atoms with Crippen molar-refractivity contribution in [2.45, 2.75) is 20.4 Å². The van der Waals surface area contributed by atoms with E-state index in [0.717, 1.165) is 25.2 Å². The summed E-state index contributed by atoms with van der Waals surface area (Å²) < 4.78 is 0. The monoisotopic (exact) mass is 205 g/mol. The summed E-state index contributed by atoms with van der Waals surface area (Å²) in [5, 5.41) is 7.29. The first-order valence-electron chi connectivity index (χ1n) is 5.33. The van der Waals surface area contributed by atoms with Crippen LogP contribution in [0.15, 0.2) is 24.3 Å². The molecule has 15 heavy (non-hydrogen) atoms. The van der Waals surface area contributed by atoms with Gasteiger partial charge in [0.1, 0.15) is 5.84 Å². The molecule has 0 aliphatic carbocycles. The molecule has 0 amide bonds. The minimum absolute atomic E-state index is 0.129. The molecule has 3 N–H and O–H groups in total. The zero-order valence-electron chi connectivity index (χ0n) is 9.46. The van der Waals surface area contributed by atoms with Gasteiger partial charge in [-0.15, -0.1) is 0 Å². The number of hydrogen-bond acceptors (Lipinski definition) is 2. The maximum absolute atomic E-state index is 7.29. The maximum Gasteiger partial charge on any atom is 0.122 e. The molecule has 0 saturated carbocycles. The van der Waals surface area contributed by atoms with Crippen LogP contribution < -0.4 is 5.73 Å². The second kappa shape index (κ2) is 5.51. The maximum atomic E-state index is 7.29. The summed E-state index contributed by atoms with van der Waals surface area (Å²) in [5.41, 5.74) is 7.45. The van der Waals surface area contributed by atoms with Gasteiger partial charge in [0.15, 0.2) is 0 Å². The van der Waals surface area contributed by atoms with E-state index in [1.807, 2.05) is 24.3 Å². The molecular formula is C12H19N3. The lowest BCUT2D eigenvalue weighted by Crippen LogP contribution is -2.22. The Morgan fingerprint density at radius 1 is 1.20 bits per heavy atom. The fourth-order valence-electron chi connectivity index (χ4n) is 1.50. The van der Waals surface area contributed by atoms with E-state index in [4.69, 9.17) is 11.1 Å². The molecule has 0 unspecified atom stereocenters. The summed E-state index contributed by atoms with van der Waals surface area (Å²) in [6, 6.07) is 7.88. The first kappa shape index (κ1) is 11.7. The molecule has 82 valence electrons. The highest BCUT2D eigenvalue weighted by Crippen LogP contribution is 2.06. The van der Waals surface area contributed by atoms with E-state index in [9.17, 15) is 0 Å². The average Bonchev–Trinajstić information content (AvgIpc) is 2.26. The van der Waals surface area contributed by atoms with Gasteiger partial charge in [-0.05, 0) is 18.7 Å². The SMILES string of the molecule is CCN(CC)Cc1ccc(C(=N)N)cc1. The van der Waals surface area contributed by atoms with Crippen molar-refractivity contribution in [2.75, 3.05) is 13.1 Å². The first-order valence-corrected chi connectivity index (χ1v) is 5.33. The second-order valence-electron chi connectivity index (χ2n) is 3.57. The Morgan fingerprint density at radius 2 is 1.73 bits per heavy atom. The first-order chi connectivity index (χ1) is 7.17. The zero-order chi connectivity index (χ0) is 11.3. The highest BCUT2D eigenvalue weighted by atomic mass is 15.1. The summed E-state index contributed by atoms with van der Waals surface area (Å²) >= 11 is 0. The highest BCUT2D eigenvalue weighted by molar-refractivity contribution is 5.94. The number of nitrogens with zero attached hydrogens (tertiary/aromatic N) is 1. The molecule has 1 aromatic rings. The smallest absolute Gasteiger partial charge is 0.122 e. The van der Waals surface area contributed by atoms with Crippen LogP contribution in [0.3, 0.4) is 0 Å². The molecular weight excluding hydrogens is 186 g/mol. The average molecular weight is 205 g/mol. The third-order valence-electron chi connectivity index (χ3n) is 2.57. The number of amidine groups is 1. The lowest BCUT2D eigenvalue weighted by Gasteiger charge is -2.17. The molecule has 3 heteroatoms. The van der Waals surface area contributed by atoms with E-state index in [-0.39, 0.29) is 5.84 Å². The van der Waals surface area contributed by atoms with Crippen LogP contribution in [0.1, 0.15) is 25.0 Å². The molecule has 0 radical (unpaired) electrons. The van der Waals surface area contributed by atoms with Gasteiger partial charge in [-0.2, -0.15) is 0 Å². The molecule has 1 aromatic carbocycles. The van der Waals surface area contributed by atoms with Crippen molar-refractivity contribution in [3.05, 3.63) is 35.4 Å². The van der Waals surface area contributed by atoms with E-state index in [1.165, 1.54) is 5.56 Å². The number of rotatable bonds is 5. The Morgan fingerprint density at radius 3 is 2.13 bits per heavy atom. The Labute approximate surface area is 91.4 Å². The van der Waals surface area contributed by atoms with E-state index in [2.05, 4.69) is 18.7 Å². The molecule has 0 fully saturated rings. The molecule has 3 nitrogen and oxygen atoms in total. The Balaban J connectivity index is 2.67. The molecule has 0 aliphatic rings. The van der Waals surface area contributed by atoms with Gasteiger partial charge < -0.3 is 5.73 Å². The summed E-state index contributed by atoms with van der Waals surface area (Å²) in [6.45, 7) is 7.40. The van der Waals surface area contributed by atoms with Crippen molar-refractivity contribution in [3.8, 4) is 0 Å². The fraction of sp³-hybridized carbons (Fsp3) is 0.417. The van der Waals surface area contributed by atoms with Crippen molar-refractivity contribution in [3.63, 3.8) is 0 Å². The highest BCUT2D eigenvalue weighted by Gasteiger charge is 2.01. The molecule has 1 rings (SSSR count). The topological polar surface area (TPSA) is 53.1 Å². The predicted molar refractivity (Wildman–Crippen MR) is 64.1 cm³/mol. The number of nitrogens with two attached hydrogens (primary N) is 1. The van der Waals surface area contributed by atoms with Crippen molar-refractivity contribution in [1.29, 1.82) is 5.41 Å². The number of nitrogen functional groups attached to an aromatic ring is 1. The van der Waals surface area contributed by atoms with Crippen LogP contribution in [0, 0.1) is 5.41 Å². The Hall–Kier alpha value is -1.35. The zero-order valence-corrected chi connectivity index (χ0v) is 9.46. The third kappa shape index (κ3) is 3.36. The molecule has 0 aliphatic heterocycles. The van der Waals surface area contributed by atoms with Crippen LogP contribution in [0.25, 0.3) is 0 Å². The van der Waals surface area contributed by atoms with Gasteiger partial charge >= 0.3 is 0 Å². The van der Waals surface area contributed by atoms with Gasteiger partial charge in [0, 0.05) is 12.1 Å². The van der Waals surface area contributed by atoms with Gasteiger partial charge in [0.05, 0.1) is 0 Å². The fourth-order valence-corrected chi connectivity index (χ4v) is 1.50. The van der Waals surface area contributed by atoms with Crippen LogP contribution >= 0.6 is 0 Å². The molecule has 0 aromatic heterocycles. The van der Waals surface area contributed by atoms with Crippen molar-refractivity contribution in [1.82, 2.24) is 4.90 Å². The van der Waals surface area contributed by atoms with Crippen molar-refractivity contribution in [2.24, 2.45) is 5.73 Å². The summed E-state index contributed by atoms with van der Waals surface area (Å²) in [4.78, 5) is 2.35. The van der Waals surface area contributed by atoms with Crippen molar-refractivity contribution < 1.29 is 0 Å². The summed E-state index contributed by atoms with van der Waals surface area (Å²) in [6.07, 6.45) is 0. The number of benzene rings is 1. The Bertz CT molecular complexity index is 312. The van der Waals surface area contributed by atoms with Crippen LogP contribution in [0.4, 0.5) is 0 Å². The minimum atomic E-state index is 0.129. The third-order valence-corrected chi connectivity index (χ3v) is 2.57. The lowest BCUT2D eigenvalue weighted by molar-refractivity contribution is 0.296. The van der Waals surface area contributed by atoms with Gasteiger partial charge in [-0.25, -0.2) is 0 Å².